The molecule has 0 heterocycles. The van der Waals surface area contributed by atoms with E-state index in [4.69, 9.17) is 9.47 Å². The summed E-state index contributed by atoms with van der Waals surface area (Å²) in [5.41, 5.74) is 2.05. The highest BCUT2D eigenvalue weighted by Crippen LogP contribution is 2.24. The molecule has 0 aliphatic carbocycles. The highest BCUT2D eigenvalue weighted by molar-refractivity contribution is 5.73. The summed E-state index contributed by atoms with van der Waals surface area (Å²) in [4.78, 5) is 21.5. The number of carbonyl (C=O) groups is 2. The second-order valence-electron chi connectivity index (χ2n) is 4.44. The van der Waals surface area contributed by atoms with Gasteiger partial charge in [0, 0.05) is 0 Å². The molecule has 0 radical (unpaired) electrons. The van der Waals surface area contributed by atoms with Crippen LogP contribution in [-0.4, -0.2) is 26.2 Å². The highest BCUT2D eigenvalue weighted by atomic mass is 16.5. The lowest BCUT2D eigenvalue weighted by Gasteiger charge is -2.06. The molecular weight excluding hydrogens is 284 g/mol. The second-order valence-corrected chi connectivity index (χ2v) is 4.44. The van der Waals surface area contributed by atoms with Crippen molar-refractivity contribution in [1.29, 1.82) is 0 Å². The van der Waals surface area contributed by atoms with Crippen molar-refractivity contribution in [3.05, 3.63) is 48.5 Å². The van der Waals surface area contributed by atoms with Gasteiger partial charge in [0.2, 0.25) is 0 Å². The van der Waals surface area contributed by atoms with Crippen LogP contribution in [0.4, 0.5) is 0 Å². The van der Waals surface area contributed by atoms with Crippen molar-refractivity contribution in [2.24, 2.45) is 0 Å². The maximum absolute atomic E-state index is 11.5. The van der Waals surface area contributed by atoms with E-state index in [1.165, 1.54) is 0 Å². The summed E-state index contributed by atoms with van der Waals surface area (Å²) in [5, 5.41) is 0. The van der Waals surface area contributed by atoms with E-state index in [0.29, 0.717) is 12.2 Å². The minimum absolute atomic E-state index is 0.0201. The van der Waals surface area contributed by atoms with Crippen molar-refractivity contribution in [3.8, 4) is 22.6 Å². The first-order valence-electron chi connectivity index (χ1n) is 6.73. The fourth-order valence-electron chi connectivity index (χ4n) is 1.87. The standard InChI is InChI=1S/C17H16O5/c1-20-15-6-2-13(3-7-15)14-4-8-16(9-5-14)22-17(19)10-11-21-12-18/h2-9,12H,10-11H2,1H3. The van der Waals surface area contributed by atoms with Crippen molar-refractivity contribution >= 4 is 12.4 Å². The van der Waals surface area contributed by atoms with Crippen molar-refractivity contribution in [2.75, 3.05) is 13.7 Å². The molecule has 0 saturated heterocycles. The number of benzene rings is 2. The number of carbonyl (C=O) groups excluding carboxylic acids is 2. The van der Waals surface area contributed by atoms with E-state index in [1.54, 1.807) is 19.2 Å². The summed E-state index contributed by atoms with van der Waals surface area (Å²) in [6, 6.07) is 14.9. The summed E-state index contributed by atoms with van der Waals surface area (Å²) in [5.74, 6) is 0.805. The molecular formula is C17H16O5. The number of rotatable bonds is 7. The molecule has 0 unspecified atom stereocenters. The molecule has 0 atom stereocenters. The summed E-state index contributed by atoms with van der Waals surface area (Å²) in [6.45, 7) is 0.323. The molecule has 5 nitrogen and oxygen atoms in total. The molecule has 5 heteroatoms. The van der Waals surface area contributed by atoms with Gasteiger partial charge in [0.25, 0.3) is 6.47 Å². The number of ether oxygens (including phenoxy) is 3. The number of esters is 1. The van der Waals surface area contributed by atoms with Gasteiger partial charge in [-0.05, 0) is 35.4 Å². The Balaban J connectivity index is 1.97. The maximum Gasteiger partial charge on any atom is 0.314 e. The second kappa shape index (κ2) is 7.83. The van der Waals surface area contributed by atoms with Crippen molar-refractivity contribution < 1.29 is 23.8 Å². The molecule has 2 aromatic rings. The lowest BCUT2D eigenvalue weighted by atomic mass is 10.1. The predicted octanol–water partition coefficient (Wildman–Crippen LogP) is 2.83. The largest absolute Gasteiger partial charge is 0.497 e. The monoisotopic (exact) mass is 300 g/mol. The molecule has 0 aliphatic rings. The first-order chi connectivity index (χ1) is 10.7. The highest BCUT2D eigenvalue weighted by Gasteiger charge is 2.05. The summed E-state index contributed by atoms with van der Waals surface area (Å²) < 4.78 is 14.7. The van der Waals surface area contributed by atoms with Gasteiger partial charge in [-0.3, -0.25) is 9.59 Å². The van der Waals surface area contributed by atoms with E-state index in [0.717, 1.165) is 16.9 Å². The van der Waals surface area contributed by atoms with Gasteiger partial charge in [0.15, 0.2) is 0 Å². The lowest BCUT2D eigenvalue weighted by molar-refractivity contribution is -0.137. The number of hydrogen-bond acceptors (Lipinski definition) is 5. The Labute approximate surface area is 128 Å². The lowest BCUT2D eigenvalue weighted by Crippen LogP contribution is -2.10. The maximum atomic E-state index is 11.5. The Hall–Kier alpha value is -2.82. The molecule has 0 spiro atoms. The first-order valence-corrected chi connectivity index (χ1v) is 6.73. The molecule has 0 aromatic heterocycles. The van der Waals surface area contributed by atoms with Crippen LogP contribution in [-0.2, 0) is 14.3 Å². The zero-order valence-electron chi connectivity index (χ0n) is 12.2. The van der Waals surface area contributed by atoms with Gasteiger partial charge >= 0.3 is 5.97 Å². The molecule has 0 aliphatic heterocycles. The van der Waals surface area contributed by atoms with E-state index in [2.05, 4.69) is 4.74 Å². The van der Waals surface area contributed by atoms with Gasteiger partial charge in [-0.15, -0.1) is 0 Å². The normalized spacial score (nSPS) is 9.86. The zero-order chi connectivity index (χ0) is 15.8. The topological polar surface area (TPSA) is 61.8 Å². The van der Waals surface area contributed by atoms with Crippen LogP contribution in [0.5, 0.6) is 11.5 Å². The molecule has 2 aromatic carbocycles. The summed E-state index contributed by atoms with van der Waals surface area (Å²) >= 11 is 0. The third-order valence-electron chi connectivity index (χ3n) is 3.00. The summed E-state index contributed by atoms with van der Waals surface area (Å²) in [7, 11) is 1.62. The van der Waals surface area contributed by atoms with Crippen LogP contribution in [0.2, 0.25) is 0 Å². The number of methoxy groups -OCH3 is 1. The molecule has 0 bridgehead atoms. The Morgan fingerprint density at radius 3 is 2.00 bits per heavy atom. The minimum Gasteiger partial charge on any atom is -0.497 e. The SMILES string of the molecule is COc1ccc(-c2ccc(OC(=O)CCOC=O)cc2)cc1. The van der Waals surface area contributed by atoms with Crippen molar-refractivity contribution in [3.63, 3.8) is 0 Å². The average Bonchev–Trinajstić information content (AvgIpc) is 2.56. The molecule has 0 N–H and O–H groups in total. The Morgan fingerprint density at radius 1 is 0.955 bits per heavy atom. The third-order valence-corrected chi connectivity index (χ3v) is 3.00. The van der Waals surface area contributed by atoms with Gasteiger partial charge in [-0.2, -0.15) is 0 Å². The predicted molar refractivity (Wildman–Crippen MR) is 80.7 cm³/mol. The van der Waals surface area contributed by atoms with Gasteiger partial charge < -0.3 is 14.2 Å². The van der Waals surface area contributed by atoms with Crippen LogP contribution in [0, 0.1) is 0 Å². The van der Waals surface area contributed by atoms with Crippen molar-refractivity contribution in [2.45, 2.75) is 6.42 Å². The molecule has 0 fully saturated rings. The summed E-state index contributed by atoms with van der Waals surface area (Å²) in [6.07, 6.45) is 0.0268. The quantitative estimate of drug-likeness (QED) is 0.340. The van der Waals surface area contributed by atoms with E-state index in [9.17, 15) is 9.59 Å². The zero-order valence-corrected chi connectivity index (χ0v) is 12.2. The number of hydrogen-bond donors (Lipinski definition) is 0. The van der Waals surface area contributed by atoms with Crippen LogP contribution in [0.15, 0.2) is 48.5 Å². The van der Waals surface area contributed by atoms with E-state index >= 15 is 0 Å². The molecule has 114 valence electrons. The van der Waals surface area contributed by atoms with Crippen LogP contribution in [0.25, 0.3) is 11.1 Å². The Morgan fingerprint density at radius 2 is 1.50 bits per heavy atom. The van der Waals surface area contributed by atoms with Crippen LogP contribution < -0.4 is 9.47 Å². The minimum atomic E-state index is -0.445. The smallest absolute Gasteiger partial charge is 0.314 e. The van der Waals surface area contributed by atoms with Crippen LogP contribution in [0.3, 0.4) is 0 Å². The van der Waals surface area contributed by atoms with Crippen molar-refractivity contribution in [1.82, 2.24) is 0 Å². The Kier molecular flexibility index (Phi) is 5.54. The van der Waals surface area contributed by atoms with Gasteiger partial charge in [-0.1, -0.05) is 24.3 Å². The molecule has 0 saturated carbocycles. The molecule has 2 rings (SSSR count). The van der Waals surface area contributed by atoms with E-state index in [1.807, 2.05) is 36.4 Å². The third kappa shape index (κ3) is 4.34. The molecule has 0 amide bonds. The van der Waals surface area contributed by atoms with E-state index in [-0.39, 0.29) is 13.0 Å². The van der Waals surface area contributed by atoms with Gasteiger partial charge in [0.05, 0.1) is 13.5 Å². The first kappa shape index (κ1) is 15.6. The van der Waals surface area contributed by atoms with Gasteiger partial charge in [-0.25, -0.2) is 0 Å². The Bertz CT molecular complexity index is 617. The fraction of sp³-hybridized carbons (Fsp3) is 0.176. The average molecular weight is 300 g/mol. The van der Waals surface area contributed by atoms with Crippen LogP contribution in [0.1, 0.15) is 6.42 Å². The van der Waals surface area contributed by atoms with Crippen LogP contribution >= 0.6 is 0 Å². The van der Waals surface area contributed by atoms with E-state index < -0.39 is 5.97 Å². The van der Waals surface area contributed by atoms with Gasteiger partial charge in [0.1, 0.15) is 18.1 Å². The molecule has 22 heavy (non-hydrogen) atoms. The fourth-order valence-corrected chi connectivity index (χ4v) is 1.87.